The summed E-state index contributed by atoms with van der Waals surface area (Å²) in [6.45, 7) is 11.0. The molecule has 1 aliphatic heterocycles. The van der Waals surface area contributed by atoms with E-state index in [1.54, 1.807) is 0 Å². The maximum Gasteiger partial charge on any atom is 0.0593 e. The van der Waals surface area contributed by atoms with Gasteiger partial charge in [-0.25, -0.2) is 0 Å². The smallest absolute Gasteiger partial charge is 0.0593 e. The second-order valence-electron chi connectivity index (χ2n) is 6.51. The van der Waals surface area contributed by atoms with E-state index in [0.29, 0.717) is 11.5 Å². The molecule has 106 valence electrons. The van der Waals surface area contributed by atoms with Crippen LogP contribution in [0.1, 0.15) is 46.0 Å². The Morgan fingerprint density at radius 1 is 1.22 bits per heavy atom. The molecule has 0 aromatic rings. The van der Waals surface area contributed by atoms with E-state index in [-0.39, 0.29) is 0 Å². The minimum Gasteiger partial charge on any atom is -0.380 e. The number of hydrogen-bond acceptors (Lipinski definition) is 3. The van der Waals surface area contributed by atoms with E-state index in [1.165, 1.54) is 51.7 Å². The molecule has 1 heterocycles. The number of rotatable bonds is 5. The van der Waals surface area contributed by atoms with Crippen molar-refractivity contribution in [1.82, 2.24) is 10.2 Å². The first kappa shape index (κ1) is 14.3. The lowest BCUT2D eigenvalue weighted by Crippen LogP contribution is -2.49. The summed E-state index contributed by atoms with van der Waals surface area (Å²) in [6, 6.07) is 0. The minimum atomic E-state index is 0.439. The van der Waals surface area contributed by atoms with E-state index in [4.69, 9.17) is 4.74 Å². The first-order chi connectivity index (χ1) is 8.70. The highest BCUT2D eigenvalue weighted by Gasteiger charge is 2.36. The second-order valence-corrected chi connectivity index (χ2v) is 6.51. The third kappa shape index (κ3) is 4.22. The fourth-order valence-electron chi connectivity index (χ4n) is 3.31. The first-order valence-corrected chi connectivity index (χ1v) is 7.75. The lowest BCUT2D eigenvalue weighted by molar-refractivity contribution is 0.0798. The first-order valence-electron chi connectivity index (χ1n) is 7.75. The average molecular weight is 254 g/mol. The molecule has 1 saturated carbocycles. The van der Waals surface area contributed by atoms with Crippen LogP contribution in [0.2, 0.25) is 0 Å². The molecule has 0 aromatic heterocycles. The lowest BCUT2D eigenvalue weighted by atomic mass is 9.97. The SMILES string of the molecule is CC(C)COCCN1CCCNC2(CCCC2)C1. The van der Waals surface area contributed by atoms with Crippen molar-refractivity contribution in [2.24, 2.45) is 5.92 Å². The number of nitrogens with zero attached hydrogens (tertiary/aromatic N) is 1. The molecular formula is C15H30N2O. The van der Waals surface area contributed by atoms with Crippen molar-refractivity contribution in [2.75, 3.05) is 39.4 Å². The van der Waals surface area contributed by atoms with E-state index < -0.39 is 0 Å². The van der Waals surface area contributed by atoms with E-state index in [2.05, 4.69) is 24.1 Å². The molecule has 2 fully saturated rings. The third-order valence-corrected chi connectivity index (χ3v) is 4.24. The molecule has 1 N–H and O–H groups in total. The largest absolute Gasteiger partial charge is 0.380 e. The quantitative estimate of drug-likeness (QED) is 0.762. The van der Waals surface area contributed by atoms with Gasteiger partial charge in [0.25, 0.3) is 0 Å². The van der Waals surface area contributed by atoms with Crippen molar-refractivity contribution in [3.63, 3.8) is 0 Å². The van der Waals surface area contributed by atoms with Crippen LogP contribution < -0.4 is 5.32 Å². The summed E-state index contributed by atoms with van der Waals surface area (Å²) in [5.41, 5.74) is 0.439. The second kappa shape index (κ2) is 6.88. The summed E-state index contributed by atoms with van der Waals surface area (Å²) in [5, 5.41) is 3.81. The van der Waals surface area contributed by atoms with Crippen LogP contribution in [0.5, 0.6) is 0 Å². The Labute approximate surface area is 112 Å². The van der Waals surface area contributed by atoms with Gasteiger partial charge >= 0.3 is 0 Å². The predicted molar refractivity (Wildman–Crippen MR) is 75.9 cm³/mol. The Balaban J connectivity index is 1.73. The molecule has 0 atom stereocenters. The molecular weight excluding hydrogens is 224 g/mol. The molecule has 0 aromatic carbocycles. The fourth-order valence-corrected chi connectivity index (χ4v) is 3.31. The molecule has 3 nitrogen and oxygen atoms in total. The van der Waals surface area contributed by atoms with Gasteiger partial charge in [-0.1, -0.05) is 26.7 Å². The molecule has 1 spiro atoms. The van der Waals surface area contributed by atoms with Crippen LogP contribution in [0.4, 0.5) is 0 Å². The highest BCUT2D eigenvalue weighted by molar-refractivity contribution is 4.96. The van der Waals surface area contributed by atoms with Crippen molar-refractivity contribution >= 4 is 0 Å². The van der Waals surface area contributed by atoms with Gasteiger partial charge in [0.15, 0.2) is 0 Å². The molecule has 0 amide bonds. The zero-order valence-corrected chi connectivity index (χ0v) is 12.2. The Morgan fingerprint density at radius 2 is 2.00 bits per heavy atom. The topological polar surface area (TPSA) is 24.5 Å². The summed E-state index contributed by atoms with van der Waals surface area (Å²) in [4.78, 5) is 2.62. The third-order valence-electron chi connectivity index (χ3n) is 4.24. The van der Waals surface area contributed by atoms with E-state index in [9.17, 15) is 0 Å². The monoisotopic (exact) mass is 254 g/mol. The zero-order valence-electron chi connectivity index (χ0n) is 12.2. The molecule has 0 radical (unpaired) electrons. The summed E-state index contributed by atoms with van der Waals surface area (Å²) in [7, 11) is 0. The van der Waals surface area contributed by atoms with Gasteiger partial charge in [-0.3, -0.25) is 4.90 Å². The Morgan fingerprint density at radius 3 is 2.72 bits per heavy atom. The van der Waals surface area contributed by atoms with Gasteiger partial charge in [-0.05, 0) is 38.3 Å². The van der Waals surface area contributed by atoms with Gasteiger partial charge in [-0.2, -0.15) is 0 Å². The maximum absolute atomic E-state index is 5.73. The van der Waals surface area contributed by atoms with Gasteiger partial charge in [0.05, 0.1) is 6.61 Å². The number of ether oxygens (including phenoxy) is 1. The summed E-state index contributed by atoms with van der Waals surface area (Å²) >= 11 is 0. The molecule has 3 heteroatoms. The molecule has 2 aliphatic rings. The Bertz CT molecular complexity index is 237. The van der Waals surface area contributed by atoms with Crippen molar-refractivity contribution < 1.29 is 4.74 Å². The van der Waals surface area contributed by atoms with Gasteiger partial charge in [0.1, 0.15) is 0 Å². The fraction of sp³-hybridized carbons (Fsp3) is 1.00. The summed E-state index contributed by atoms with van der Waals surface area (Å²) < 4.78 is 5.73. The van der Waals surface area contributed by atoms with Crippen LogP contribution in [0.15, 0.2) is 0 Å². The van der Waals surface area contributed by atoms with Crippen molar-refractivity contribution in [1.29, 1.82) is 0 Å². The van der Waals surface area contributed by atoms with E-state index in [1.807, 2.05) is 0 Å². The van der Waals surface area contributed by atoms with Gasteiger partial charge < -0.3 is 10.1 Å². The molecule has 2 rings (SSSR count). The van der Waals surface area contributed by atoms with Gasteiger partial charge in [-0.15, -0.1) is 0 Å². The van der Waals surface area contributed by atoms with Gasteiger partial charge in [0, 0.05) is 25.2 Å². The highest BCUT2D eigenvalue weighted by atomic mass is 16.5. The Hall–Kier alpha value is -0.120. The summed E-state index contributed by atoms with van der Waals surface area (Å²) in [6.07, 6.45) is 6.84. The van der Waals surface area contributed by atoms with Crippen LogP contribution in [-0.2, 0) is 4.74 Å². The average Bonchev–Trinajstić information content (AvgIpc) is 2.67. The van der Waals surface area contributed by atoms with Crippen molar-refractivity contribution in [3.8, 4) is 0 Å². The minimum absolute atomic E-state index is 0.439. The van der Waals surface area contributed by atoms with Gasteiger partial charge in [0.2, 0.25) is 0 Å². The van der Waals surface area contributed by atoms with Crippen LogP contribution in [-0.4, -0.2) is 49.8 Å². The lowest BCUT2D eigenvalue weighted by Gasteiger charge is -2.33. The summed E-state index contributed by atoms with van der Waals surface area (Å²) in [5.74, 6) is 0.650. The molecule has 1 saturated heterocycles. The molecule has 0 unspecified atom stereocenters. The molecule has 18 heavy (non-hydrogen) atoms. The Kier molecular flexibility index (Phi) is 5.46. The maximum atomic E-state index is 5.73. The standard InChI is InChI=1S/C15H30N2O/c1-14(2)12-18-11-10-17-9-5-8-16-15(13-17)6-3-4-7-15/h14,16H,3-13H2,1-2H3. The molecule has 1 aliphatic carbocycles. The highest BCUT2D eigenvalue weighted by Crippen LogP contribution is 2.31. The predicted octanol–water partition coefficient (Wildman–Crippen LogP) is 2.27. The zero-order chi connectivity index (χ0) is 12.8. The van der Waals surface area contributed by atoms with Crippen LogP contribution >= 0.6 is 0 Å². The van der Waals surface area contributed by atoms with Crippen LogP contribution in [0.25, 0.3) is 0 Å². The normalized spacial score (nSPS) is 24.8. The van der Waals surface area contributed by atoms with Crippen molar-refractivity contribution in [3.05, 3.63) is 0 Å². The van der Waals surface area contributed by atoms with E-state index >= 15 is 0 Å². The van der Waals surface area contributed by atoms with E-state index in [0.717, 1.165) is 19.8 Å². The number of nitrogens with one attached hydrogen (secondary N) is 1. The number of hydrogen-bond donors (Lipinski definition) is 1. The van der Waals surface area contributed by atoms with Crippen LogP contribution in [0, 0.1) is 5.92 Å². The van der Waals surface area contributed by atoms with Crippen LogP contribution in [0.3, 0.4) is 0 Å². The van der Waals surface area contributed by atoms with Crippen molar-refractivity contribution in [2.45, 2.75) is 51.5 Å². The molecule has 0 bridgehead atoms.